The molecule has 0 amide bonds. The van der Waals surface area contributed by atoms with Crippen LogP contribution in [0.15, 0.2) is 24.3 Å². The van der Waals surface area contributed by atoms with Crippen LogP contribution in [0.25, 0.3) is 0 Å². The van der Waals surface area contributed by atoms with Crippen LogP contribution in [0.2, 0.25) is 0 Å². The Kier molecular flexibility index (Phi) is 5.08. The van der Waals surface area contributed by atoms with Crippen molar-refractivity contribution in [1.29, 1.82) is 5.26 Å². The van der Waals surface area contributed by atoms with Crippen LogP contribution in [0.3, 0.4) is 0 Å². The summed E-state index contributed by atoms with van der Waals surface area (Å²) < 4.78 is 13.4. The first-order valence-electron chi connectivity index (χ1n) is 5.59. The van der Waals surface area contributed by atoms with Crippen molar-refractivity contribution in [2.75, 3.05) is 13.1 Å². The van der Waals surface area contributed by atoms with Gasteiger partial charge in [-0.05, 0) is 19.9 Å². The first-order valence-corrected chi connectivity index (χ1v) is 5.59. The summed E-state index contributed by atoms with van der Waals surface area (Å²) in [7, 11) is 0. The van der Waals surface area contributed by atoms with E-state index in [2.05, 4.69) is 0 Å². The number of aliphatic hydroxyl groups is 1. The fraction of sp³-hybridized carbons (Fsp3) is 0.462. The molecule has 0 aliphatic heterocycles. The Morgan fingerprint density at radius 2 is 2.06 bits per heavy atom. The maximum Gasteiger partial charge on any atom is 0.129 e. The molecule has 0 fully saturated rings. The Balaban J connectivity index is 2.74. The molecule has 1 unspecified atom stereocenters. The molecule has 92 valence electrons. The number of hydrogen-bond acceptors (Lipinski definition) is 3. The Labute approximate surface area is 101 Å². The lowest BCUT2D eigenvalue weighted by molar-refractivity contribution is 0.101. The SMILES string of the molecule is CC(C)N(CC#N)CC(O)c1ccccc1F. The predicted octanol–water partition coefficient (Wildman–Crippen LogP) is 2.09. The zero-order chi connectivity index (χ0) is 12.8. The largest absolute Gasteiger partial charge is 0.387 e. The summed E-state index contributed by atoms with van der Waals surface area (Å²) in [5.41, 5.74) is 0.274. The summed E-state index contributed by atoms with van der Waals surface area (Å²) in [4.78, 5) is 1.80. The van der Waals surface area contributed by atoms with Gasteiger partial charge in [0.25, 0.3) is 0 Å². The second-order valence-corrected chi connectivity index (χ2v) is 4.22. The molecule has 3 nitrogen and oxygen atoms in total. The normalized spacial score (nSPS) is 12.8. The molecule has 1 atom stereocenters. The summed E-state index contributed by atoms with van der Waals surface area (Å²) in [6, 6.07) is 8.33. The minimum atomic E-state index is -0.910. The molecule has 1 N–H and O–H groups in total. The van der Waals surface area contributed by atoms with Crippen molar-refractivity contribution < 1.29 is 9.50 Å². The molecule has 0 bridgehead atoms. The number of benzene rings is 1. The molecule has 1 aromatic carbocycles. The molecule has 0 heterocycles. The molecule has 0 aliphatic rings. The lowest BCUT2D eigenvalue weighted by Crippen LogP contribution is -2.35. The molecule has 0 aliphatic carbocycles. The van der Waals surface area contributed by atoms with Gasteiger partial charge in [0, 0.05) is 18.2 Å². The topological polar surface area (TPSA) is 47.3 Å². The molecular weight excluding hydrogens is 219 g/mol. The highest BCUT2D eigenvalue weighted by atomic mass is 19.1. The number of rotatable bonds is 5. The van der Waals surface area contributed by atoms with Crippen LogP contribution in [0.4, 0.5) is 4.39 Å². The highest BCUT2D eigenvalue weighted by Gasteiger charge is 2.18. The lowest BCUT2D eigenvalue weighted by atomic mass is 10.1. The van der Waals surface area contributed by atoms with Crippen LogP contribution in [0.5, 0.6) is 0 Å². The van der Waals surface area contributed by atoms with E-state index < -0.39 is 11.9 Å². The van der Waals surface area contributed by atoms with Gasteiger partial charge in [-0.2, -0.15) is 5.26 Å². The minimum Gasteiger partial charge on any atom is -0.387 e. The molecular formula is C13H17FN2O. The number of halogens is 1. The third kappa shape index (κ3) is 3.81. The Hall–Kier alpha value is -1.44. The van der Waals surface area contributed by atoms with E-state index in [-0.39, 0.29) is 24.7 Å². The molecule has 0 spiro atoms. The molecule has 17 heavy (non-hydrogen) atoms. The van der Waals surface area contributed by atoms with E-state index >= 15 is 0 Å². The third-order valence-electron chi connectivity index (χ3n) is 2.68. The van der Waals surface area contributed by atoms with Gasteiger partial charge in [-0.25, -0.2) is 4.39 Å². The molecule has 0 radical (unpaired) electrons. The van der Waals surface area contributed by atoms with Crippen LogP contribution >= 0.6 is 0 Å². The van der Waals surface area contributed by atoms with E-state index in [1.54, 1.807) is 23.1 Å². The summed E-state index contributed by atoms with van der Waals surface area (Å²) in [6.07, 6.45) is -0.910. The van der Waals surface area contributed by atoms with Crippen molar-refractivity contribution in [3.05, 3.63) is 35.6 Å². The number of aliphatic hydroxyl groups excluding tert-OH is 1. The van der Waals surface area contributed by atoms with Crippen LogP contribution in [0, 0.1) is 17.1 Å². The molecule has 0 saturated carbocycles. The maximum atomic E-state index is 13.4. The quantitative estimate of drug-likeness (QED) is 0.796. The van der Waals surface area contributed by atoms with Crippen LogP contribution in [-0.4, -0.2) is 29.1 Å². The van der Waals surface area contributed by atoms with Gasteiger partial charge in [0.05, 0.1) is 18.7 Å². The van der Waals surface area contributed by atoms with Crippen LogP contribution < -0.4 is 0 Å². The second kappa shape index (κ2) is 6.33. The highest BCUT2D eigenvalue weighted by molar-refractivity contribution is 5.20. The Morgan fingerprint density at radius 1 is 1.41 bits per heavy atom. The zero-order valence-corrected chi connectivity index (χ0v) is 10.1. The molecule has 0 saturated heterocycles. The van der Waals surface area contributed by atoms with E-state index in [1.807, 2.05) is 19.9 Å². The summed E-state index contributed by atoms with van der Waals surface area (Å²) in [6.45, 7) is 4.35. The average Bonchev–Trinajstić information content (AvgIpc) is 2.28. The molecule has 1 rings (SSSR count). The lowest BCUT2D eigenvalue weighted by Gasteiger charge is -2.26. The minimum absolute atomic E-state index is 0.135. The smallest absolute Gasteiger partial charge is 0.129 e. The predicted molar refractivity (Wildman–Crippen MR) is 63.7 cm³/mol. The maximum absolute atomic E-state index is 13.4. The summed E-state index contributed by atoms with van der Waals surface area (Å²) >= 11 is 0. The first kappa shape index (κ1) is 13.6. The first-order chi connectivity index (χ1) is 8.06. The van der Waals surface area contributed by atoms with E-state index in [4.69, 9.17) is 5.26 Å². The monoisotopic (exact) mass is 236 g/mol. The second-order valence-electron chi connectivity index (χ2n) is 4.22. The summed E-state index contributed by atoms with van der Waals surface area (Å²) in [5, 5.41) is 18.6. The molecule has 1 aromatic rings. The average molecular weight is 236 g/mol. The van der Waals surface area contributed by atoms with Gasteiger partial charge in [0.15, 0.2) is 0 Å². The van der Waals surface area contributed by atoms with Gasteiger partial charge in [-0.15, -0.1) is 0 Å². The molecule has 4 heteroatoms. The molecule has 0 aromatic heterocycles. The number of nitrogens with zero attached hydrogens (tertiary/aromatic N) is 2. The zero-order valence-electron chi connectivity index (χ0n) is 10.1. The van der Waals surface area contributed by atoms with Gasteiger partial charge in [-0.3, -0.25) is 4.90 Å². The van der Waals surface area contributed by atoms with Crippen molar-refractivity contribution in [1.82, 2.24) is 4.90 Å². The van der Waals surface area contributed by atoms with Crippen molar-refractivity contribution in [3.63, 3.8) is 0 Å². The third-order valence-corrected chi connectivity index (χ3v) is 2.68. The van der Waals surface area contributed by atoms with Gasteiger partial charge in [0.1, 0.15) is 5.82 Å². The summed E-state index contributed by atoms with van der Waals surface area (Å²) in [5.74, 6) is -0.416. The van der Waals surface area contributed by atoms with Gasteiger partial charge >= 0.3 is 0 Å². The van der Waals surface area contributed by atoms with Crippen molar-refractivity contribution >= 4 is 0 Å². The van der Waals surface area contributed by atoms with Gasteiger partial charge in [-0.1, -0.05) is 18.2 Å². The van der Waals surface area contributed by atoms with E-state index in [0.29, 0.717) is 0 Å². The fourth-order valence-corrected chi connectivity index (χ4v) is 1.61. The van der Waals surface area contributed by atoms with E-state index in [0.717, 1.165) is 0 Å². The van der Waals surface area contributed by atoms with Crippen molar-refractivity contribution in [2.45, 2.75) is 26.0 Å². The van der Waals surface area contributed by atoms with E-state index in [9.17, 15) is 9.50 Å². The fourth-order valence-electron chi connectivity index (χ4n) is 1.61. The van der Waals surface area contributed by atoms with Crippen molar-refractivity contribution in [2.24, 2.45) is 0 Å². The number of nitriles is 1. The Bertz CT molecular complexity index is 401. The van der Waals surface area contributed by atoms with Crippen LogP contribution in [-0.2, 0) is 0 Å². The van der Waals surface area contributed by atoms with Gasteiger partial charge < -0.3 is 5.11 Å². The van der Waals surface area contributed by atoms with Crippen LogP contribution in [0.1, 0.15) is 25.5 Å². The van der Waals surface area contributed by atoms with Gasteiger partial charge in [0.2, 0.25) is 0 Å². The highest BCUT2D eigenvalue weighted by Crippen LogP contribution is 2.18. The van der Waals surface area contributed by atoms with E-state index in [1.165, 1.54) is 6.07 Å². The standard InChI is InChI=1S/C13H17FN2O/c1-10(2)16(8-7-15)9-13(17)11-5-3-4-6-12(11)14/h3-6,10,13,17H,8-9H2,1-2H3. The Morgan fingerprint density at radius 3 is 2.59 bits per heavy atom. The number of hydrogen-bond donors (Lipinski definition) is 1. The van der Waals surface area contributed by atoms with Crippen molar-refractivity contribution in [3.8, 4) is 6.07 Å².